The molecule has 5 heteroatoms. The van der Waals surface area contributed by atoms with Crippen LogP contribution in [-0.4, -0.2) is 36.9 Å². The number of ether oxygens (including phenoxy) is 1. The molecule has 2 rings (SSSR count). The molecule has 0 spiro atoms. The lowest BCUT2D eigenvalue weighted by Gasteiger charge is -2.28. The molecule has 0 unspecified atom stereocenters. The first-order chi connectivity index (χ1) is 8.22. The van der Waals surface area contributed by atoms with Crippen LogP contribution in [0.25, 0.3) is 0 Å². The van der Waals surface area contributed by atoms with Crippen molar-refractivity contribution in [2.45, 2.75) is 12.8 Å². The van der Waals surface area contributed by atoms with Gasteiger partial charge in [-0.3, -0.25) is 4.79 Å². The van der Waals surface area contributed by atoms with E-state index in [1.807, 2.05) is 4.90 Å². The predicted octanol–water partition coefficient (Wildman–Crippen LogP) is 1.04. The number of esters is 1. The minimum absolute atomic E-state index is 0.261. The average Bonchev–Trinajstić information content (AvgIpc) is 2.39. The second kappa shape index (κ2) is 4.95. The van der Waals surface area contributed by atoms with Gasteiger partial charge in [0, 0.05) is 32.1 Å². The summed E-state index contributed by atoms with van der Waals surface area (Å²) in [5.41, 5.74) is 0.448. The van der Waals surface area contributed by atoms with E-state index in [1.165, 1.54) is 7.11 Å². The van der Waals surface area contributed by atoms with Gasteiger partial charge >= 0.3 is 5.97 Å². The Hall–Kier alpha value is -1.91. The molecular formula is C12H14N2O3. The number of piperidine rings is 1. The average molecular weight is 234 g/mol. The minimum atomic E-state index is -0.398. The number of methoxy groups -OCH3 is 1. The van der Waals surface area contributed by atoms with Gasteiger partial charge in [0.25, 0.3) is 0 Å². The molecule has 0 aliphatic carbocycles. The van der Waals surface area contributed by atoms with Gasteiger partial charge in [0.2, 0.25) is 0 Å². The number of hydrogen-bond acceptors (Lipinski definition) is 5. The van der Waals surface area contributed by atoms with Gasteiger partial charge in [-0.15, -0.1) is 0 Å². The van der Waals surface area contributed by atoms with Crippen LogP contribution in [0.3, 0.4) is 0 Å². The largest absolute Gasteiger partial charge is 0.465 e. The molecule has 0 saturated carbocycles. The summed E-state index contributed by atoms with van der Waals surface area (Å²) in [4.78, 5) is 28.9. The summed E-state index contributed by atoms with van der Waals surface area (Å²) < 4.78 is 4.72. The molecule has 1 aromatic heterocycles. The first-order valence-corrected chi connectivity index (χ1v) is 5.52. The van der Waals surface area contributed by atoms with Crippen LogP contribution in [0.15, 0.2) is 18.3 Å². The number of rotatable bonds is 2. The molecule has 1 aliphatic heterocycles. The van der Waals surface area contributed by atoms with Crippen LogP contribution in [0.2, 0.25) is 0 Å². The highest BCUT2D eigenvalue weighted by Crippen LogP contribution is 2.21. The van der Waals surface area contributed by atoms with Gasteiger partial charge in [0.1, 0.15) is 17.2 Å². The fraction of sp³-hybridized carbons (Fsp3) is 0.417. The van der Waals surface area contributed by atoms with Gasteiger partial charge in [-0.2, -0.15) is 0 Å². The fourth-order valence-corrected chi connectivity index (χ4v) is 1.89. The predicted molar refractivity (Wildman–Crippen MR) is 62.0 cm³/mol. The highest BCUT2D eigenvalue weighted by Gasteiger charge is 2.22. The van der Waals surface area contributed by atoms with Crippen molar-refractivity contribution in [3.63, 3.8) is 0 Å². The topological polar surface area (TPSA) is 59.5 Å². The highest BCUT2D eigenvalue weighted by molar-refractivity contribution is 5.95. The molecule has 5 nitrogen and oxygen atoms in total. The standard InChI is InChI=1S/C12H14N2O3/c1-17-12(16)10-3-2-6-13-11(10)14-7-4-9(15)5-8-14/h2-3,6H,4-5,7-8H2,1H3. The lowest BCUT2D eigenvalue weighted by Crippen LogP contribution is -2.35. The van der Waals surface area contributed by atoms with Gasteiger partial charge in [0.05, 0.1) is 7.11 Å². The van der Waals surface area contributed by atoms with Crippen LogP contribution in [0.5, 0.6) is 0 Å². The number of hydrogen-bond donors (Lipinski definition) is 0. The van der Waals surface area contributed by atoms with E-state index in [4.69, 9.17) is 4.74 Å². The van der Waals surface area contributed by atoms with Crippen LogP contribution < -0.4 is 4.90 Å². The van der Waals surface area contributed by atoms with Gasteiger partial charge in [-0.1, -0.05) is 0 Å². The first kappa shape index (κ1) is 11.6. The highest BCUT2D eigenvalue weighted by atomic mass is 16.5. The van der Waals surface area contributed by atoms with Crippen molar-refractivity contribution < 1.29 is 14.3 Å². The number of pyridine rings is 1. The molecule has 0 radical (unpaired) electrons. The van der Waals surface area contributed by atoms with Crippen LogP contribution >= 0.6 is 0 Å². The third kappa shape index (κ3) is 2.43. The zero-order valence-electron chi connectivity index (χ0n) is 9.68. The molecule has 0 amide bonds. The maximum atomic E-state index is 11.6. The van der Waals surface area contributed by atoms with Crippen molar-refractivity contribution in [3.8, 4) is 0 Å². The van der Waals surface area contributed by atoms with Crippen LogP contribution in [0.4, 0.5) is 5.82 Å². The van der Waals surface area contributed by atoms with E-state index in [1.54, 1.807) is 18.3 Å². The number of Topliss-reactive ketones (excluding diaryl/α,β-unsaturated/α-hetero) is 1. The Morgan fingerprint density at radius 3 is 2.76 bits per heavy atom. The normalized spacial score (nSPS) is 15.8. The lowest BCUT2D eigenvalue weighted by atomic mass is 10.1. The fourth-order valence-electron chi connectivity index (χ4n) is 1.89. The molecule has 0 N–H and O–H groups in total. The zero-order chi connectivity index (χ0) is 12.3. The Kier molecular flexibility index (Phi) is 3.37. The Balaban J connectivity index is 2.25. The van der Waals surface area contributed by atoms with Crippen molar-refractivity contribution >= 4 is 17.6 Å². The van der Waals surface area contributed by atoms with E-state index in [-0.39, 0.29) is 5.78 Å². The molecule has 90 valence electrons. The number of carbonyl (C=O) groups excluding carboxylic acids is 2. The van der Waals surface area contributed by atoms with Gasteiger partial charge in [-0.25, -0.2) is 9.78 Å². The molecule has 17 heavy (non-hydrogen) atoms. The quantitative estimate of drug-likeness (QED) is 0.715. The molecule has 1 saturated heterocycles. The number of nitrogens with zero attached hydrogens (tertiary/aromatic N) is 2. The third-order valence-corrected chi connectivity index (χ3v) is 2.81. The van der Waals surface area contributed by atoms with Crippen LogP contribution in [-0.2, 0) is 9.53 Å². The molecule has 0 bridgehead atoms. The van der Waals surface area contributed by atoms with E-state index in [0.717, 1.165) is 0 Å². The summed E-state index contributed by atoms with van der Waals surface area (Å²) in [5.74, 6) is 0.466. The Morgan fingerprint density at radius 2 is 2.12 bits per heavy atom. The van der Waals surface area contributed by atoms with E-state index in [2.05, 4.69) is 4.98 Å². The zero-order valence-corrected chi connectivity index (χ0v) is 9.68. The summed E-state index contributed by atoms with van der Waals surface area (Å²) in [6.45, 7) is 1.22. The monoisotopic (exact) mass is 234 g/mol. The van der Waals surface area contributed by atoms with Crippen LogP contribution in [0.1, 0.15) is 23.2 Å². The summed E-state index contributed by atoms with van der Waals surface area (Å²) >= 11 is 0. The Labute approximate surface area is 99.4 Å². The maximum Gasteiger partial charge on any atom is 0.341 e. The Bertz CT molecular complexity index is 435. The van der Waals surface area contributed by atoms with E-state index in [9.17, 15) is 9.59 Å². The van der Waals surface area contributed by atoms with E-state index in [0.29, 0.717) is 37.3 Å². The summed E-state index contributed by atoms with van der Waals surface area (Å²) in [5, 5.41) is 0. The second-order valence-corrected chi connectivity index (χ2v) is 3.89. The molecule has 1 fully saturated rings. The second-order valence-electron chi connectivity index (χ2n) is 3.89. The number of aromatic nitrogens is 1. The SMILES string of the molecule is COC(=O)c1cccnc1N1CCC(=O)CC1. The number of carbonyl (C=O) groups is 2. The molecule has 1 aliphatic rings. The van der Waals surface area contributed by atoms with E-state index < -0.39 is 5.97 Å². The van der Waals surface area contributed by atoms with Gasteiger partial charge in [-0.05, 0) is 12.1 Å². The molecule has 1 aromatic rings. The van der Waals surface area contributed by atoms with Gasteiger partial charge in [0.15, 0.2) is 0 Å². The van der Waals surface area contributed by atoms with Crippen LogP contribution in [0, 0.1) is 0 Å². The molecule has 0 aromatic carbocycles. The number of anilines is 1. The third-order valence-electron chi connectivity index (χ3n) is 2.81. The smallest absolute Gasteiger partial charge is 0.341 e. The Morgan fingerprint density at radius 1 is 1.41 bits per heavy atom. The van der Waals surface area contributed by atoms with Crippen molar-refractivity contribution in [3.05, 3.63) is 23.9 Å². The van der Waals surface area contributed by atoms with Crippen molar-refractivity contribution in [1.82, 2.24) is 4.98 Å². The van der Waals surface area contributed by atoms with Gasteiger partial charge < -0.3 is 9.64 Å². The van der Waals surface area contributed by atoms with Crippen molar-refractivity contribution in [2.24, 2.45) is 0 Å². The van der Waals surface area contributed by atoms with E-state index >= 15 is 0 Å². The van der Waals surface area contributed by atoms with Crippen molar-refractivity contribution in [2.75, 3.05) is 25.1 Å². The summed E-state index contributed by atoms with van der Waals surface area (Å²) in [6, 6.07) is 3.38. The maximum absolute atomic E-state index is 11.6. The number of ketones is 1. The molecule has 2 heterocycles. The lowest BCUT2D eigenvalue weighted by molar-refractivity contribution is -0.119. The summed E-state index contributed by atoms with van der Waals surface area (Å²) in [6.07, 6.45) is 2.66. The minimum Gasteiger partial charge on any atom is -0.465 e. The van der Waals surface area contributed by atoms with Crippen molar-refractivity contribution in [1.29, 1.82) is 0 Å². The summed E-state index contributed by atoms with van der Waals surface area (Å²) in [7, 11) is 1.35. The molecular weight excluding hydrogens is 220 g/mol. The first-order valence-electron chi connectivity index (χ1n) is 5.52. The molecule has 0 atom stereocenters.